The third kappa shape index (κ3) is 3.17. The van der Waals surface area contributed by atoms with Crippen LogP contribution in [-0.2, 0) is 19.5 Å². The number of carbonyl (C=O) groups is 1. The predicted molar refractivity (Wildman–Crippen MR) is 98.0 cm³/mol. The van der Waals surface area contributed by atoms with Crippen molar-refractivity contribution in [2.75, 3.05) is 20.2 Å². The third-order valence-corrected chi connectivity index (χ3v) is 4.70. The maximum absolute atomic E-state index is 13.0. The highest BCUT2D eigenvalue weighted by molar-refractivity contribution is 5.98. The van der Waals surface area contributed by atoms with E-state index in [-0.39, 0.29) is 11.5 Å². The third-order valence-electron chi connectivity index (χ3n) is 4.70. The molecular weight excluding hydrogens is 348 g/mol. The molecule has 0 saturated heterocycles. The molecule has 0 unspecified atom stereocenters. The lowest BCUT2D eigenvalue weighted by molar-refractivity contribution is 0.0945. The highest BCUT2D eigenvalue weighted by Gasteiger charge is 2.23. The quantitative estimate of drug-likeness (QED) is 0.671. The minimum Gasteiger partial charge on any atom is -0.496 e. The van der Waals surface area contributed by atoms with Gasteiger partial charge < -0.3 is 19.9 Å². The Hall–Kier alpha value is -3.20. The van der Waals surface area contributed by atoms with Crippen LogP contribution in [0.5, 0.6) is 5.75 Å². The number of methoxy groups -OCH3 is 1. The van der Waals surface area contributed by atoms with Gasteiger partial charge in [0.15, 0.2) is 5.65 Å². The van der Waals surface area contributed by atoms with E-state index in [0.29, 0.717) is 55.3 Å². The van der Waals surface area contributed by atoms with Crippen LogP contribution >= 0.6 is 0 Å². The van der Waals surface area contributed by atoms with Crippen molar-refractivity contribution in [1.82, 2.24) is 29.6 Å². The molecule has 0 aliphatic carbocycles. The topological polar surface area (TPSA) is 103 Å². The predicted octanol–water partition coefficient (Wildman–Crippen LogP) is -0.0247. The summed E-state index contributed by atoms with van der Waals surface area (Å²) in [5.74, 6) is 0.0227. The van der Waals surface area contributed by atoms with Crippen molar-refractivity contribution in [2.45, 2.75) is 19.5 Å². The van der Waals surface area contributed by atoms with Crippen molar-refractivity contribution in [3.63, 3.8) is 0 Å². The van der Waals surface area contributed by atoms with Crippen molar-refractivity contribution in [3.05, 3.63) is 58.2 Å². The molecule has 4 rings (SSSR count). The number of hydrogen-bond acceptors (Lipinski definition) is 6. The maximum Gasteiger partial charge on any atom is 0.257 e. The minimum atomic E-state index is -0.276. The number of hydrogen-bond donors (Lipinski definition) is 2. The molecule has 9 nitrogen and oxygen atoms in total. The summed E-state index contributed by atoms with van der Waals surface area (Å²) < 4.78 is 8.86. The number of fused-ring (bicyclic) bond motifs is 2. The van der Waals surface area contributed by atoms with Crippen molar-refractivity contribution < 1.29 is 9.53 Å². The van der Waals surface area contributed by atoms with Crippen LogP contribution in [-0.4, -0.2) is 45.0 Å². The SMILES string of the molecule is COc1cc(=O)n2c(c1C(=O)NCc1cnc3cnccn13)CCNCC2. The smallest absolute Gasteiger partial charge is 0.257 e. The summed E-state index contributed by atoms with van der Waals surface area (Å²) in [6, 6.07) is 1.38. The summed E-state index contributed by atoms with van der Waals surface area (Å²) in [6.07, 6.45) is 7.40. The molecule has 0 bridgehead atoms. The molecule has 0 atom stereocenters. The zero-order valence-corrected chi connectivity index (χ0v) is 14.9. The van der Waals surface area contributed by atoms with E-state index in [1.807, 2.05) is 4.40 Å². The molecule has 0 radical (unpaired) electrons. The van der Waals surface area contributed by atoms with E-state index in [4.69, 9.17) is 4.74 Å². The van der Waals surface area contributed by atoms with Crippen LogP contribution in [0.2, 0.25) is 0 Å². The van der Waals surface area contributed by atoms with Gasteiger partial charge in [-0.2, -0.15) is 0 Å². The maximum atomic E-state index is 13.0. The minimum absolute atomic E-state index is 0.156. The van der Waals surface area contributed by atoms with Gasteiger partial charge in [-0.1, -0.05) is 0 Å². The number of nitrogens with zero attached hydrogens (tertiary/aromatic N) is 4. The van der Waals surface area contributed by atoms with Crippen molar-refractivity contribution >= 4 is 11.6 Å². The van der Waals surface area contributed by atoms with Crippen LogP contribution in [0, 0.1) is 0 Å². The first-order chi connectivity index (χ1) is 13.2. The molecule has 1 amide bonds. The number of pyridine rings is 1. The second kappa shape index (κ2) is 7.20. The second-order valence-corrected chi connectivity index (χ2v) is 6.26. The molecule has 0 aromatic carbocycles. The van der Waals surface area contributed by atoms with E-state index >= 15 is 0 Å². The Labute approximate surface area is 155 Å². The lowest BCUT2D eigenvalue weighted by atomic mass is 10.1. The molecule has 4 heterocycles. The number of aromatic nitrogens is 4. The van der Waals surface area contributed by atoms with Gasteiger partial charge in [-0.3, -0.25) is 19.0 Å². The molecule has 1 aliphatic heterocycles. The Morgan fingerprint density at radius 3 is 3.11 bits per heavy atom. The largest absolute Gasteiger partial charge is 0.496 e. The van der Waals surface area contributed by atoms with Crippen LogP contribution in [0.25, 0.3) is 5.65 Å². The summed E-state index contributed by atoms with van der Waals surface area (Å²) in [7, 11) is 1.47. The number of nitrogens with one attached hydrogen (secondary N) is 2. The number of amides is 1. The molecule has 0 spiro atoms. The van der Waals surface area contributed by atoms with Crippen molar-refractivity contribution in [2.24, 2.45) is 0 Å². The lowest BCUT2D eigenvalue weighted by Crippen LogP contribution is -2.31. The van der Waals surface area contributed by atoms with Gasteiger partial charge in [-0.05, 0) is 0 Å². The number of rotatable bonds is 4. The van der Waals surface area contributed by atoms with Gasteiger partial charge >= 0.3 is 0 Å². The van der Waals surface area contributed by atoms with Crippen molar-refractivity contribution in [1.29, 1.82) is 0 Å². The number of imidazole rings is 1. The average Bonchev–Trinajstić information content (AvgIpc) is 2.93. The number of ether oxygens (including phenoxy) is 1. The molecule has 0 fully saturated rings. The summed E-state index contributed by atoms with van der Waals surface area (Å²) >= 11 is 0. The molecule has 0 saturated carbocycles. The number of carbonyl (C=O) groups excluding carboxylic acids is 1. The summed E-state index contributed by atoms with van der Waals surface area (Å²) in [6.45, 7) is 2.21. The van der Waals surface area contributed by atoms with E-state index in [1.165, 1.54) is 13.2 Å². The first-order valence-electron chi connectivity index (χ1n) is 8.74. The lowest BCUT2D eigenvalue weighted by Gasteiger charge is -2.17. The van der Waals surface area contributed by atoms with E-state index in [2.05, 4.69) is 20.6 Å². The second-order valence-electron chi connectivity index (χ2n) is 6.26. The Balaban J connectivity index is 1.66. The van der Waals surface area contributed by atoms with Crippen LogP contribution in [0.4, 0.5) is 0 Å². The van der Waals surface area contributed by atoms with Gasteiger partial charge in [0.1, 0.15) is 11.3 Å². The Kier molecular flexibility index (Phi) is 4.59. The van der Waals surface area contributed by atoms with Crippen LogP contribution < -0.4 is 20.9 Å². The van der Waals surface area contributed by atoms with Gasteiger partial charge in [0.05, 0.1) is 31.7 Å². The normalized spacial score (nSPS) is 13.8. The average molecular weight is 368 g/mol. The zero-order chi connectivity index (χ0) is 18.8. The fourth-order valence-electron chi connectivity index (χ4n) is 3.39. The first-order valence-corrected chi connectivity index (χ1v) is 8.74. The molecule has 140 valence electrons. The zero-order valence-electron chi connectivity index (χ0n) is 14.9. The van der Waals surface area contributed by atoms with E-state index in [1.54, 1.807) is 29.4 Å². The molecule has 3 aromatic rings. The fraction of sp³-hybridized carbons (Fsp3) is 0.333. The highest BCUT2D eigenvalue weighted by Crippen LogP contribution is 2.22. The van der Waals surface area contributed by atoms with Gasteiger partial charge in [0.2, 0.25) is 0 Å². The van der Waals surface area contributed by atoms with Crippen molar-refractivity contribution in [3.8, 4) is 5.75 Å². The molecular formula is C18H20N6O3. The Morgan fingerprint density at radius 1 is 1.37 bits per heavy atom. The standard InChI is InChI=1S/C18H20N6O3/c1-27-14-8-16(25)24-7-4-19-3-2-13(24)17(14)18(26)22-10-12-9-21-15-11-20-5-6-23(12)15/h5-6,8-9,11,19H,2-4,7,10H2,1H3,(H,22,26). The van der Waals surface area contributed by atoms with Gasteiger partial charge in [0, 0.05) is 50.2 Å². The van der Waals surface area contributed by atoms with E-state index in [0.717, 1.165) is 5.69 Å². The molecule has 9 heteroatoms. The summed E-state index contributed by atoms with van der Waals surface area (Å²) in [5.41, 5.74) is 2.50. The van der Waals surface area contributed by atoms with Crippen LogP contribution in [0.1, 0.15) is 21.7 Å². The van der Waals surface area contributed by atoms with Crippen LogP contribution in [0.3, 0.4) is 0 Å². The first kappa shape index (κ1) is 17.2. The molecule has 2 N–H and O–H groups in total. The molecule has 3 aromatic heterocycles. The van der Waals surface area contributed by atoms with Crippen LogP contribution in [0.15, 0.2) is 35.6 Å². The summed E-state index contributed by atoms with van der Waals surface area (Å²) in [5, 5.41) is 6.17. The monoisotopic (exact) mass is 368 g/mol. The van der Waals surface area contributed by atoms with Gasteiger partial charge in [-0.25, -0.2) is 4.98 Å². The van der Waals surface area contributed by atoms with E-state index < -0.39 is 0 Å². The fourth-order valence-corrected chi connectivity index (χ4v) is 3.39. The van der Waals surface area contributed by atoms with Gasteiger partial charge in [-0.15, -0.1) is 0 Å². The molecule has 27 heavy (non-hydrogen) atoms. The highest BCUT2D eigenvalue weighted by atomic mass is 16.5. The Morgan fingerprint density at radius 2 is 2.26 bits per heavy atom. The van der Waals surface area contributed by atoms with E-state index in [9.17, 15) is 9.59 Å². The molecule has 1 aliphatic rings. The van der Waals surface area contributed by atoms with Gasteiger partial charge in [0.25, 0.3) is 11.5 Å². The Bertz CT molecular complexity index is 1050. The summed E-state index contributed by atoms with van der Waals surface area (Å²) in [4.78, 5) is 33.7.